The smallest absolute Gasteiger partial charge is 0.203 e. The van der Waals surface area contributed by atoms with Gasteiger partial charge in [0.1, 0.15) is 12.7 Å². The summed E-state index contributed by atoms with van der Waals surface area (Å²) in [6.07, 6.45) is 0.208. The zero-order valence-electron chi connectivity index (χ0n) is 15.6. The quantitative estimate of drug-likeness (QED) is 0.619. The van der Waals surface area contributed by atoms with E-state index in [9.17, 15) is 5.11 Å². The molecule has 0 bridgehead atoms. The van der Waals surface area contributed by atoms with Crippen LogP contribution in [0.5, 0.6) is 11.5 Å². The maximum absolute atomic E-state index is 10.5. The van der Waals surface area contributed by atoms with Gasteiger partial charge in [-0.15, -0.1) is 12.4 Å². The topological polar surface area (TPSA) is 72.4 Å². The minimum atomic E-state index is -0.741. The highest BCUT2D eigenvalue weighted by molar-refractivity contribution is 5.85. The second-order valence-corrected chi connectivity index (χ2v) is 6.19. The molecule has 1 unspecified atom stereocenters. The van der Waals surface area contributed by atoms with Crippen LogP contribution >= 0.6 is 12.4 Å². The zero-order valence-corrected chi connectivity index (χ0v) is 16.4. The molecule has 1 aromatic heterocycles. The van der Waals surface area contributed by atoms with Gasteiger partial charge in [0.05, 0.1) is 24.7 Å². The first kappa shape index (κ1) is 20.9. The molecule has 0 spiro atoms. The largest absolute Gasteiger partial charge is 0.493 e. The number of rotatable bonds is 8. The highest BCUT2D eigenvalue weighted by Crippen LogP contribution is 2.25. The lowest BCUT2D eigenvalue weighted by Gasteiger charge is -2.15. The summed E-state index contributed by atoms with van der Waals surface area (Å²) in [5.74, 6) is 1.23. The maximum Gasteiger partial charge on any atom is 0.203 e. The Morgan fingerprint density at radius 2 is 1.59 bits per heavy atom. The lowest BCUT2D eigenvalue weighted by atomic mass is 10.3. The SMILES string of the molecule is CCCn1c(=N)n(CC(O)COc2ccccc2OC)c2ccccc21.Cl. The van der Waals surface area contributed by atoms with E-state index in [0.29, 0.717) is 23.7 Å². The van der Waals surface area contributed by atoms with Gasteiger partial charge in [0.2, 0.25) is 5.62 Å². The monoisotopic (exact) mass is 391 g/mol. The van der Waals surface area contributed by atoms with Crippen LogP contribution in [0.4, 0.5) is 0 Å². The van der Waals surface area contributed by atoms with E-state index in [-0.39, 0.29) is 19.0 Å². The summed E-state index contributed by atoms with van der Waals surface area (Å²) in [6, 6.07) is 15.3. The number of halogens is 1. The molecule has 146 valence electrons. The van der Waals surface area contributed by atoms with Crippen LogP contribution in [0.25, 0.3) is 11.0 Å². The number of para-hydroxylation sites is 4. The fourth-order valence-corrected chi connectivity index (χ4v) is 3.12. The van der Waals surface area contributed by atoms with Crippen molar-refractivity contribution in [3.63, 3.8) is 0 Å². The molecule has 0 radical (unpaired) electrons. The van der Waals surface area contributed by atoms with Crippen LogP contribution in [0.2, 0.25) is 0 Å². The van der Waals surface area contributed by atoms with Crippen LogP contribution in [-0.4, -0.2) is 34.1 Å². The lowest BCUT2D eigenvalue weighted by molar-refractivity contribution is 0.0906. The molecule has 3 rings (SSSR count). The van der Waals surface area contributed by atoms with Crippen molar-refractivity contribution in [1.82, 2.24) is 9.13 Å². The summed E-state index contributed by atoms with van der Waals surface area (Å²) >= 11 is 0. The number of ether oxygens (including phenoxy) is 2. The van der Waals surface area contributed by atoms with Crippen molar-refractivity contribution in [1.29, 1.82) is 5.41 Å². The van der Waals surface area contributed by atoms with Crippen molar-refractivity contribution in [2.75, 3.05) is 13.7 Å². The zero-order chi connectivity index (χ0) is 18.5. The summed E-state index contributed by atoms with van der Waals surface area (Å²) in [5, 5.41) is 19.0. The summed E-state index contributed by atoms with van der Waals surface area (Å²) in [7, 11) is 1.59. The van der Waals surface area contributed by atoms with Gasteiger partial charge in [-0.05, 0) is 30.7 Å². The normalized spacial score (nSPS) is 11.8. The Hall–Kier alpha value is -2.44. The average molecular weight is 392 g/mol. The highest BCUT2D eigenvalue weighted by Gasteiger charge is 2.14. The number of aryl methyl sites for hydroxylation is 1. The number of fused-ring (bicyclic) bond motifs is 1. The molecule has 2 N–H and O–H groups in total. The molecular weight excluding hydrogens is 366 g/mol. The molecule has 2 aromatic carbocycles. The summed E-state index contributed by atoms with van der Waals surface area (Å²) in [4.78, 5) is 0. The average Bonchev–Trinajstić information content (AvgIpc) is 2.93. The number of nitrogens with one attached hydrogen (secondary N) is 1. The van der Waals surface area contributed by atoms with Gasteiger partial charge in [0.15, 0.2) is 11.5 Å². The number of nitrogens with zero attached hydrogens (tertiary/aromatic N) is 2. The summed E-state index contributed by atoms with van der Waals surface area (Å²) in [6.45, 7) is 3.29. The van der Waals surface area contributed by atoms with Crippen LogP contribution < -0.4 is 15.1 Å². The highest BCUT2D eigenvalue weighted by atomic mass is 35.5. The minimum absolute atomic E-state index is 0. The van der Waals surface area contributed by atoms with E-state index < -0.39 is 6.10 Å². The van der Waals surface area contributed by atoms with Crippen molar-refractivity contribution < 1.29 is 14.6 Å². The summed E-state index contributed by atoms with van der Waals surface area (Å²) < 4.78 is 14.8. The van der Waals surface area contributed by atoms with Gasteiger partial charge >= 0.3 is 0 Å². The number of benzene rings is 2. The van der Waals surface area contributed by atoms with E-state index in [1.807, 2.05) is 57.7 Å². The Bertz CT molecular complexity index is 936. The molecule has 6 nitrogen and oxygen atoms in total. The molecule has 0 aliphatic carbocycles. The van der Waals surface area contributed by atoms with E-state index in [4.69, 9.17) is 14.9 Å². The van der Waals surface area contributed by atoms with E-state index in [2.05, 4.69) is 6.92 Å². The van der Waals surface area contributed by atoms with Crippen molar-refractivity contribution >= 4 is 23.4 Å². The standard InChI is InChI=1S/C20H25N3O3.ClH/c1-3-12-22-16-8-4-5-9-17(16)23(20(22)21)13-15(24)14-26-19-11-7-6-10-18(19)25-2;/h4-11,15,21,24H,3,12-14H2,1-2H3;1H. The summed E-state index contributed by atoms with van der Waals surface area (Å²) in [5.41, 5.74) is 2.35. The van der Waals surface area contributed by atoms with Gasteiger partial charge in [0.25, 0.3) is 0 Å². The van der Waals surface area contributed by atoms with Gasteiger partial charge in [-0.2, -0.15) is 0 Å². The number of aliphatic hydroxyl groups excluding tert-OH is 1. The minimum Gasteiger partial charge on any atom is -0.493 e. The number of imidazole rings is 1. The third-order valence-electron chi connectivity index (χ3n) is 4.32. The van der Waals surface area contributed by atoms with Gasteiger partial charge in [-0.3, -0.25) is 5.41 Å². The molecule has 0 saturated carbocycles. The second-order valence-electron chi connectivity index (χ2n) is 6.19. The molecule has 0 aliphatic heterocycles. The first-order chi connectivity index (χ1) is 12.7. The lowest BCUT2D eigenvalue weighted by Crippen LogP contribution is -2.31. The number of aliphatic hydroxyl groups is 1. The molecule has 3 aromatic rings. The van der Waals surface area contributed by atoms with Crippen LogP contribution in [0.3, 0.4) is 0 Å². The third kappa shape index (κ3) is 4.46. The van der Waals surface area contributed by atoms with Crippen LogP contribution in [0, 0.1) is 5.41 Å². The Balaban J connectivity index is 0.00000261. The predicted molar refractivity (Wildman–Crippen MR) is 108 cm³/mol. The van der Waals surface area contributed by atoms with Crippen molar-refractivity contribution in [2.45, 2.75) is 32.5 Å². The van der Waals surface area contributed by atoms with Gasteiger partial charge in [-0.25, -0.2) is 0 Å². The van der Waals surface area contributed by atoms with Crippen LogP contribution in [-0.2, 0) is 13.1 Å². The molecule has 0 fully saturated rings. The Labute approximate surface area is 164 Å². The fraction of sp³-hybridized carbons (Fsp3) is 0.350. The van der Waals surface area contributed by atoms with Crippen LogP contribution in [0.1, 0.15) is 13.3 Å². The van der Waals surface area contributed by atoms with Gasteiger partial charge in [-0.1, -0.05) is 31.2 Å². The maximum atomic E-state index is 10.5. The molecule has 0 aliphatic rings. The third-order valence-corrected chi connectivity index (χ3v) is 4.32. The van der Waals surface area contributed by atoms with Gasteiger partial charge < -0.3 is 23.7 Å². The second kappa shape index (κ2) is 9.48. The molecule has 1 atom stereocenters. The number of aromatic nitrogens is 2. The first-order valence-electron chi connectivity index (χ1n) is 8.82. The Morgan fingerprint density at radius 1 is 1.00 bits per heavy atom. The van der Waals surface area contributed by atoms with E-state index >= 15 is 0 Å². The molecular formula is C20H26ClN3O3. The number of hydrogen-bond donors (Lipinski definition) is 2. The Kier molecular flexibility index (Phi) is 7.33. The van der Waals surface area contributed by atoms with Gasteiger partial charge in [0, 0.05) is 6.54 Å². The molecule has 0 amide bonds. The molecule has 0 saturated heterocycles. The molecule has 27 heavy (non-hydrogen) atoms. The fourth-order valence-electron chi connectivity index (χ4n) is 3.12. The van der Waals surface area contributed by atoms with Crippen LogP contribution in [0.15, 0.2) is 48.5 Å². The number of hydrogen-bond acceptors (Lipinski definition) is 4. The van der Waals surface area contributed by atoms with Crippen molar-refractivity contribution in [2.24, 2.45) is 0 Å². The predicted octanol–water partition coefficient (Wildman–Crippen LogP) is 3.20. The van der Waals surface area contributed by atoms with Crippen molar-refractivity contribution in [3.05, 3.63) is 54.1 Å². The Morgan fingerprint density at radius 3 is 2.22 bits per heavy atom. The molecule has 7 heteroatoms. The van der Waals surface area contributed by atoms with Crippen molar-refractivity contribution in [3.8, 4) is 11.5 Å². The van der Waals surface area contributed by atoms with E-state index in [1.165, 1.54) is 0 Å². The van der Waals surface area contributed by atoms with E-state index in [0.717, 1.165) is 24.0 Å². The molecule has 1 heterocycles. The number of methoxy groups -OCH3 is 1. The first-order valence-corrected chi connectivity index (χ1v) is 8.82. The van der Waals surface area contributed by atoms with E-state index in [1.54, 1.807) is 7.11 Å².